The molecule has 0 aromatic carbocycles. The SMILES string of the molecule is Nc1nc2c(ncn2[C@@H]2O[C@@H]3COP(=O)(O)CO[C@H]4C(F)[C@@H](COP(=O)(O)O[C@H]2C3F)O[C@H]4n2cnc3c(N)ccnc32)c(=O)[nH]1. The molecule has 3 saturated heterocycles. The smallest absolute Gasteiger partial charge is 0.397 e. The van der Waals surface area contributed by atoms with Crippen molar-refractivity contribution in [2.24, 2.45) is 0 Å². The lowest BCUT2D eigenvalue weighted by Gasteiger charge is -2.24. The molecule has 20 nitrogen and oxygen atoms in total. The molecule has 10 atom stereocenters. The van der Waals surface area contributed by atoms with Crippen LogP contribution in [0.5, 0.6) is 0 Å². The van der Waals surface area contributed by atoms with Crippen molar-refractivity contribution in [1.82, 2.24) is 34.1 Å². The van der Waals surface area contributed by atoms with Crippen LogP contribution in [0.15, 0.2) is 29.7 Å². The van der Waals surface area contributed by atoms with Gasteiger partial charge in [0.2, 0.25) is 5.95 Å². The van der Waals surface area contributed by atoms with Gasteiger partial charge >= 0.3 is 15.4 Å². The molecule has 4 bridgehead atoms. The number of fused-ring (bicyclic) bond motifs is 6. The molecule has 0 aliphatic carbocycles. The second-order valence-electron chi connectivity index (χ2n) is 10.5. The Kier molecular flexibility index (Phi) is 7.71. The van der Waals surface area contributed by atoms with E-state index in [1.54, 1.807) is 0 Å². The number of phosphoric acid groups is 1. The Hall–Kier alpha value is -3.43. The second kappa shape index (κ2) is 11.4. The number of alkyl halides is 2. The van der Waals surface area contributed by atoms with E-state index in [1.807, 2.05) is 0 Å². The van der Waals surface area contributed by atoms with Crippen LogP contribution in [0, 0.1) is 0 Å². The third-order valence-corrected chi connectivity index (χ3v) is 9.56. The van der Waals surface area contributed by atoms with E-state index >= 15 is 8.78 Å². The summed E-state index contributed by atoms with van der Waals surface area (Å²) < 4.78 is 92.2. The van der Waals surface area contributed by atoms with Gasteiger partial charge in [0.15, 0.2) is 41.6 Å². The Bertz CT molecular complexity index is 1960. The van der Waals surface area contributed by atoms with Gasteiger partial charge in [-0.2, -0.15) is 4.98 Å². The van der Waals surface area contributed by atoms with Gasteiger partial charge < -0.3 is 40.0 Å². The van der Waals surface area contributed by atoms with Gasteiger partial charge in [-0.25, -0.2) is 28.3 Å². The molecule has 0 amide bonds. The summed E-state index contributed by atoms with van der Waals surface area (Å²) in [6.07, 6.45) is -11.7. The molecule has 0 spiro atoms. The summed E-state index contributed by atoms with van der Waals surface area (Å²) in [6, 6.07) is 1.49. The lowest BCUT2D eigenvalue weighted by Crippen LogP contribution is -2.33. The van der Waals surface area contributed by atoms with Gasteiger partial charge in [-0.1, -0.05) is 0 Å². The van der Waals surface area contributed by atoms with E-state index in [0.717, 1.165) is 10.9 Å². The molecule has 248 valence electrons. The first-order valence-corrected chi connectivity index (χ1v) is 16.7. The Labute approximate surface area is 254 Å². The summed E-state index contributed by atoms with van der Waals surface area (Å²) in [5, 5.41) is 0. The van der Waals surface area contributed by atoms with E-state index in [1.165, 1.54) is 23.2 Å². The molecule has 4 aromatic heterocycles. The highest BCUT2D eigenvalue weighted by Gasteiger charge is 2.53. The number of nitrogens with zero attached hydrogens (tertiary/aromatic N) is 6. The Morgan fingerprint density at radius 2 is 1.54 bits per heavy atom. The van der Waals surface area contributed by atoms with Gasteiger partial charge in [-0.3, -0.25) is 32.5 Å². The summed E-state index contributed by atoms with van der Waals surface area (Å²) in [5.41, 5.74) is 11.1. The van der Waals surface area contributed by atoms with Crippen molar-refractivity contribution in [3.05, 3.63) is 35.3 Å². The minimum absolute atomic E-state index is 0.167. The number of phosphoric ester groups is 1. The minimum atomic E-state index is -5.23. The van der Waals surface area contributed by atoms with E-state index < -0.39 is 89.8 Å². The fraction of sp³-hybridized carbons (Fsp3) is 0.500. The monoisotopic (exact) mass is 691 g/mol. The number of rotatable bonds is 2. The number of nitrogens with two attached hydrogens (primary N) is 2. The molecule has 46 heavy (non-hydrogen) atoms. The summed E-state index contributed by atoms with van der Waals surface area (Å²) in [7, 11) is -9.96. The van der Waals surface area contributed by atoms with Crippen molar-refractivity contribution in [3.8, 4) is 0 Å². The molecular weight excluding hydrogens is 666 g/mol. The molecule has 4 aromatic rings. The van der Waals surface area contributed by atoms with Crippen molar-refractivity contribution in [2.75, 3.05) is 31.0 Å². The molecule has 24 heteroatoms. The van der Waals surface area contributed by atoms with Crippen molar-refractivity contribution in [2.45, 2.75) is 49.2 Å². The van der Waals surface area contributed by atoms with Gasteiger partial charge in [0, 0.05) is 6.20 Å². The van der Waals surface area contributed by atoms with Crippen LogP contribution in [-0.2, 0) is 36.9 Å². The third-order valence-electron chi connectivity index (χ3n) is 7.55. The maximum Gasteiger partial charge on any atom is 0.472 e. The number of halogens is 2. The van der Waals surface area contributed by atoms with Crippen LogP contribution in [0.1, 0.15) is 12.5 Å². The summed E-state index contributed by atoms with van der Waals surface area (Å²) in [4.78, 5) is 51.9. The van der Waals surface area contributed by atoms with Gasteiger partial charge in [0.25, 0.3) is 5.56 Å². The summed E-state index contributed by atoms with van der Waals surface area (Å²) in [6.45, 7) is -1.81. The number of hydrogen-bond donors (Lipinski definition) is 5. The first kappa shape index (κ1) is 31.2. The number of imidazole rings is 2. The lowest BCUT2D eigenvalue weighted by atomic mass is 10.1. The standard InChI is InChI=1S/C22H25F2N9O11P2/c23-11-10-4-41-46(37,38)44-16-12(24)9(43-21(16)33-6-29-14-18(33)30-22(26)31-19(14)34)3-40-45(35,36)7-39-15(11)20(42-10)32-5-28-13-8(25)1-2-27-17(13)32/h1-2,5-6,9-12,15-16,20-21H,3-4,7H2,(H2,25,27)(H,35,36)(H,37,38)(H3,26,30,31,34)/t9-,10-,11?,12?,15+,16+,20-,21-/m1/s1. The molecule has 7 N–H and O–H groups in total. The van der Waals surface area contributed by atoms with Crippen molar-refractivity contribution in [1.29, 1.82) is 0 Å². The van der Waals surface area contributed by atoms with E-state index in [2.05, 4.69) is 24.9 Å². The van der Waals surface area contributed by atoms with Crippen molar-refractivity contribution in [3.63, 3.8) is 0 Å². The normalized spacial score (nSPS) is 37.4. The number of nitrogens with one attached hydrogen (secondary N) is 1. The molecule has 3 fully saturated rings. The summed E-state index contributed by atoms with van der Waals surface area (Å²) >= 11 is 0. The van der Waals surface area contributed by atoms with Crippen LogP contribution < -0.4 is 17.0 Å². The van der Waals surface area contributed by atoms with E-state index in [9.17, 15) is 23.7 Å². The van der Waals surface area contributed by atoms with Crippen LogP contribution >= 0.6 is 15.4 Å². The number of ether oxygens (including phenoxy) is 3. The molecule has 7 rings (SSSR count). The average molecular weight is 691 g/mol. The first-order valence-electron chi connectivity index (χ1n) is 13.4. The number of anilines is 2. The molecule has 0 saturated carbocycles. The average Bonchev–Trinajstić information content (AvgIpc) is 3.75. The lowest BCUT2D eigenvalue weighted by molar-refractivity contribution is -0.0654. The van der Waals surface area contributed by atoms with Gasteiger partial charge in [0.1, 0.15) is 36.3 Å². The van der Waals surface area contributed by atoms with Gasteiger partial charge in [0.05, 0.1) is 31.6 Å². The summed E-state index contributed by atoms with van der Waals surface area (Å²) in [5.74, 6) is -0.324. The fourth-order valence-corrected chi connectivity index (χ4v) is 7.16. The predicted octanol–water partition coefficient (Wildman–Crippen LogP) is 0.260. The largest absolute Gasteiger partial charge is 0.472 e. The second-order valence-corrected chi connectivity index (χ2v) is 13.7. The number of H-pyrrole nitrogens is 1. The highest BCUT2D eigenvalue weighted by Crippen LogP contribution is 2.52. The Morgan fingerprint density at radius 3 is 2.28 bits per heavy atom. The van der Waals surface area contributed by atoms with Crippen LogP contribution in [0.25, 0.3) is 22.3 Å². The number of aromatic nitrogens is 7. The third kappa shape index (κ3) is 5.49. The highest BCUT2D eigenvalue weighted by molar-refractivity contribution is 7.52. The van der Waals surface area contributed by atoms with Crippen molar-refractivity contribution < 1.29 is 55.5 Å². The number of hydrogen-bond acceptors (Lipinski definition) is 15. The zero-order valence-corrected chi connectivity index (χ0v) is 24.9. The Morgan fingerprint density at radius 1 is 0.913 bits per heavy atom. The fourth-order valence-electron chi connectivity index (χ4n) is 5.42. The number of pyridine rings is 1. The van der Waals surface area contributed by atoms with Crippen LogP contribution in [-0.4, -0.2) is 100 Å². The molecule has 3 aliphatic rings. The maximum atomic E-state index is 15.8. The van der Waals surface area contributed by atoms with Crippen molar-refractivity contribution >= 4 is 49.4 Å². The van der Waals surface area contributed by atoms with Crippen LogP contribution in [0.4, 0.5) is 20.4 Å². The van der Waals surface area contributed by atoms with Crippen LogP contribution in [0.2, 0.25) is 0 Å². The first-order chi connectivity index (χ1) is 21.8. The Balaban J connectivity index is 1.21. The highest BCUT2D eigenvalue weighted by atomic mass is 31.2. The number of nitrogen functional groups attached to an aromatic ring is 2. The van der Waals surface area contributed by atoms with Gasteiger partial charge in [-0.15, -0.1) is 0 Å². The van der Waals surface area contributed by atoms with E-state index in [0.29, 0.717) is 0 Å². The topological polar surface area (TPSA) is 276 Å². The zero-order valence-electron chi connectivity index (χ0n) is 23.1. The van der Waals surface area contributed by atoms with Crippen LogP contribution in [0.3, 0.4) is 0 Å². The van der Waals surface area contributed by atoms with E-state index in [-0.39, 0.29) is 34.0 Å². The molecule has 0 radical (unpaired) electrons. The molecule has 3 aliphatic heterocycles. The zero-order chi connectivity index (χ0) is 32.5. The van der Waals surface area contributed by atoms with E-state index in [4.69, 9.17) is 39.2 Å². The molecule has 4 unspecified atom stereocenters. The molecule has 7 heterocycles. The predicted molar refractivity (Wildman–Crippen MR) is 148 cm³/mol. The number of aromatic amines is 1. The quantitative estimate of drug-likeness (QED) is 0.176. The maximum absolute atomic E-state index is 15.8. The molecular formula is C22H25F2N9O11P2. The minimum Gasteiger partial charge on any atom is -0.397 e. The van der Waals surface area contributed by atoms with Gasteiger partial charge in [-0.05, 0) is 6.07 Å².